The van der Waals surface area contributed by atoms with Crippen molar-refractivity contribution < 1.29 is 24.8 Å². The second kappa shape index (κ2) is 2.40. The van der Waals surface area contributed by atoms with Gasteiger partial charge in [0.1, 0.15) is 24.4 Å². The van der Waals surface area contributed by atoms with Crippen LogP contribution in [0.1, 0.15) is 0 Å². The lowest BCUT2D eigenvalue weighted by Gasteiger charge is -2.32. The molecule has 2 fully saturated rings. The number of ether oxygens (including phenoxy) is 2. The Hall–Kier alpha value is -0.200. The van der Waals surface area contributed by atoms with Gasteiger partial charge in [0.15, 0.2) is 6.29 Å². The highest BCUT2D eigenvalue weighted by Crippen LogP contribution is 2.27. The minimum atomic E-state index is -1.15. The maximum absolute atomic E-state index is 9.22. The van der Waals surface area contributed by atoms with Crippen LogP contribution in [0.3, 0.4) is 0 Å². The zero-order valence-corrected chi connectivity index (χ0v) is 5.75. The average molecular weight is 162 g/mol. The molecule has 5 atom stereocenters. The van der Waals surface area contributed by atoms with Crippen molar-refractivity contribution in [3.63, 3.8) is 0 Å². The fraction of sp³-hybridized carbons (Fsp3) is 1.00. The van der Waals surface area contributed by atoms with Crippen LogP contribution in [0.2, 0.25) is 0 Å². The average Bonchev–Trinajstić information content (AvgIpc) is 2.44. The minimum absolute atomic E-state index is 0.236. The van der Waals surface area contributed by atoms with E-state index < -0.39 is 30.7 Å². The maximum Gasteiger partial charge on any atom is 0.186 e. The summed E-state index contributed by atoms with van der Waals surface area (Å²) in [6, 6.07) is 0. The third kappa shape index (κ3) is 0.969. The van der Waals surface area contributed by atoms with Crippen molar-refractivity contribution >= 4 is 0 Å². The number of hydrogen-bond acceptors (Lipinski definition) is 5. The van der Waals surface area contributed by atoms with Crippen LogP contribution in [0.4, 0.5) is 0 Å². The van der Waals surface area contributed by atoms with E-state index in [9.17, 15) is 10.2 Å². The summed E-state index contributed by atoms with van der Waals surface area (Å²) in [6.07, 6.45) is -4.58. The van der Waals surface area contributed by atoms with Crippen LogP contribution in [0, 0.1) is 0 Å². The van der Waals surface area contributed by atoms with Crippen LogP contribution in [-0.4, -0.2) is 52.6 Å². The highest BCUT2D eigenvalue weighted by Gasteiger charge is 2.48. The Labute approximate surface area is 63.2 Å². The Bertz CT molecular complexity index is 141. The topological polar surface area (TPSA) is 79.2 Å². The van der Waals surface area contributed by atoms with Gasteiger partial charge in [0.2, 0.25) is 0 Å². The van der Waals surface area contributed by atoms with E-state index in [2.05, 4.69) is 0 Å². The van der Waals surface area contributed by atoms with E-state index in [0.29, 0.717) is 0 Å². The lowest BCUT2D eigenvalue weighted by atomic mass is 10.0. The van der Waals surface area contributed by atoms with Crippen LogP contribution in [-0.2, 0) is 9.47 Å². The predicted octanol–water partition coefficient (Wildman–Crippen LogP) is -2.18. The molecule has 0 saturated carbocycles. The molecule has 2 bridgehead atoms. The summed E-state index contributed by atoms with van der Waals surface area (Å²) >= 11 is 0. The Balaban J connectivity index is 2.16. The first-order chi connectivity index (χ1) is 5.20. The van der Waals surface area contributed by atoms with Crippen molar-refractivity contribution in [2.45, 2.75) is 30.7 Å². The molecule has 0 amide bonds. The van der Waals surface area contributed by atoms with Gasteiger partial charge in [-0.25, -0.2) is 0 Å². The van der Waals surface area contributed by atoms with E-state index in [1.165, 1.54) is 0 Å². The third-order valence-electron chi connectivity index (χ3n) is 2.09. The van der Waals surface area contributed by atoms with Crippen molar-refractivity contribution in [1.29, 1.82) is 0 Å². The Kier molecular flexibility index (Phi) is 1.62. The molecule has 0 spiro atoms. The monoisotopic (exact) mass is 162 g/mol. The quantitative estimate of drug-likeness (QED) is 0.377. The van der Waals surface area contributed by atoms with Gasteiger partial charge in [0.05, 0.1) is 6.61 Å². The summed E-state index contributed by atoms with van der Waals surface area (Å²) in [5.41, 5.74) is 0. The van der Waals surface area contributed by atoms with E-state index in [-0.39, 0.29) is 6.61 Å². The highest BCUT2D eigenvalue weighted by atomic mass is 16.7. The van der Waals surface area contributed by atoms with Gasteiger partial charge in [0.25, 0.3) is 0 Å². The number of aliphatic hydroxyl groups excluding tert-OH is 3. The van der Waals surface area contributed by atoms with Gasteiger partial charge in [0, 0.05) is 0 Å². The van der Waals surface area contributed by atoms with Gasteiger partial charge < -0.3 is 24.8 Å². The number of fused-ring (bicyclic) bond motifs is 2. The van der Waals surface area contributed by atoms with Crippen LogP contribution < -0.4 is 0 Å². The fourth-order valence-electron chi connectivity index (χ4n) is 1.38. The van der Waals surface area contributed by atoms with Crippen molar-refractivity contribution in [3.8, 4) is 0 Å². The summed E-state index contributed by atoms with van der Waals surface area (Å²) in [7, 11) is 0. The summed E-state index contributed by atoms with van der Waals surface area (Å²) < 4.78 is 9.95. The zero-order chi connectivity index (χ0) is 8.01. The van der Waals surface area contributed by atoms with Crippen molar-refractivity contribution in [2.24, 2.45) is 0 Å². The Morgan fingerprint density at radius 1 is 1.00 bits per heavy atom. The summed E-state index contributed by atoms with van der Waals surface area (Å²) in [5, 5.41) is 27.6. The highest BCUT2D eigenvalue weighted by molar-refractivity contribution is 4.92. The first-order valence-corrected chi connectivity index (χ1v) is 3.51. The molecule has 0 aromatic rings. The van der Waals surface area contributed by atoms with Gasteiger partial charge in [-0.2, -0.15) is 0 Å². The smallest absolute Gasteiger partial charge is 0.186 e. The first kappa shape index (κ1) is 7.45. The molecule has 0 aromatic carbocycles. The molecule has 2 rings (SSSR count). The second-order valence-electron chi connectivity index (χ2n) is 2.85. The van der Waals surface area contributed by atoms with Crippen LogP contribution >= 0.6 is 0 Å². The van der Waals surface area contributed by atoms with Gasteiger partial charge >= 0.3 is 0 Å². The molecule has 0 aromatic heterocycles. The molecule has 2 saturated heterocycles. The zero-order valence-electron chi connectivity index (χ0n) is 5.75. The van der Waals surface area contributed by atoms with E-state index in [0.717, 1.165) is 0 Å². The summed E-state index contributed by atoms with van der Waals surface area (Å²) in [4.78, 5) is 0. The molecule has 0 unspecified atom stereocenters. The summed E-state index contributed by atoms with van der Waals surface area (Å²) in [6.45, 7) is 0.236. The Morgan fingerprint density at radius 2 is 1.73 bits per heavy atom. The lowest BCUT2D eigenvalue weighted by molar-refractivity contribution is -0.228. The van der Waals surface area contributed by atoms with Gasteiger partial charge in [-0.3, -0.25) is 0 Å². The summed E-state index contributed by atoms with van der Waals surface area (Å²) in [5.74, 6) is 0. The van der Waals surface area contributed by atoms with Gasteiger partial charge in [-0.05, 0) is 0 Å². The molecule has 2 aliphatic heterocycles. The molecular weight excluding hydrogens is 152 g/mol. The largest absolute Gasteiger partial charge is 0.387 e. The molecular formula is C6H10O5. The van der Waals surface area contributed by atoms with Crippen molar-refractivity contribution in [1.82, 2.24) is 0 Å². The van der Waals surface area contributed by atoms with Gasteiger partial charge in [-0.15, -0.1) is 0 Å². The molecule has 5 heteroatoms. The van der Waals surface area contributed by atoms with Crippen LogP contribution in [0.25, 0.3) is 0 Å². The SMILES string of the molecule is O[C@@H]1[C@@H](O)[C@H]2OC[C@H](O2)[C@H]1O. The molecule has 2 aliphatic rings. The van der Waals surface area contributed by atoms with Crippen LogP contribution in [0.15, 0.2) is 0 Å². The number of hydrogen-bond donors (Lipinski definition) is 3. The normalized spacial score (nSPS) is 56.5. The van der Waals surface area contributed by atoms with Crippen LogP contribution in [0.5, 0.6) is 0 Å². The van der Waals surface area contributed by atoms with E-state index in [4.69, 9.17) is 14.6 Å². The minimum Gasteiger partial charge on any atom is -0.387 e. The van der Waals surface area contributed by atoms with Gasteiger partial charge in [-0.1, -0.05) is 0 Å². The lowest BCUT2D eigenvalue weighted by Crippen LogP contribution is -2.53. The molecule has 0 radical (unpaired) electrons. The van der Waals surface area contributed by atoms with E-state index in [1.807, 2.05) is 0 Å². The Morgan fingerprint density at radius 3 is 2.45 bits per heavy atom. The molecule has 11 heavy (non-hydrogen) atoms. The number of aliphatic hydroxyl groups is 3. The molecule has 2 heterocycles. The standard InChI is InChI=1S/C6H10O5/c7-3-2-1-10-6(11-2)5(9)4(3)8/h2-9H,1H2/t2-,3+,4-,5+,6-/m0/s1. The van der Waals surface area contributed by atoms with E-state index >= 15 is 0 Å². The third-order valence-corrected chi connectivity index (χ3v) is 2.09. The predicted molar refractivity (Wildman–Crippen MR) is 32.6 cm³/mol. The molecule has 3 N–H and O–H groups in total. The van der Waals surface area contributed by atoms with Crippen molar-refractivity contribution in [3.05, 3.63) is 0 Å². The molecule has 64 valence electrons. The van der Waals surface area contributed by atoms with E-state index in [1.54, 1.807) is 0 Å². The number of rotatable bonds is 0. The fourth-order valence-corrected chi connectivity index (χ4v) is 1.38. The second-order valence-corrected chi connectivity index (χ2v) is 2.85. The van der Waals surface area contributed by atoms with Crippen molar-refractivity contribution in [2.75, 3.05) is 6.61 Å². The molecule has 0 aliphatic carbocycles. The molecule has 5 nitrogen and oxygen atoms in total. The first-order valence-electron chi connectivity index (χ1n) is 3.51. The maximum atomic E-state index is 9.22.